The highest BCUT2D eigenvalue weighted by Gasteiger charge is 2.20. The van der Waals surface area contributed by atoms with E-state index in [-0.39, 0.29) is 5.82 Å². The van der Waals surface area contributed by atoms with Crippen LogP contribution in [0.5, 0.6) is 0 Å². The molecule has 2 aromatic rings. The summed E-state index contributed by atoms with van der Waals surface area (Å²) >= 11 is 3.88. The Bertz CT molecular complexity index is 530. The molecule has 0 bridgehead atoms. The van der Waals surface area contributed by atoms with Crippen LogP contribution in [0.4, 0.5) is 4.39 Å². The van der Waals surface area contributed by atoms with Crippen LogP contribution in [0.3, 0.4) is 0 Å². The van der Waals surface area contributed by atoms with Gasteiger partial charge in [0.2, 0.25) is 0 Å². The summed E-state index contributed by atoms with van der Waals surface area (Å²) in [5, 5.41) is 2.92. The van der Waals surface area contributed by atoms with Crippen molar-refractivity contribution in [3.8, 4) is 0 Å². The summed E-state index contributed by atoms with van der Waals surface area (Å²) in [6.45, 7) is 3.45. The third kappa shape index (κ3) is 4.56. The van der Waals surface area contributed by atoms with Gasteiger partial charge < -0.3 is 4.90 Å². The standard InChI is InChI=1S/C17H20FNS2/c18-15-5-3-14(4-6-15)7-10-19-11-8-16(9-12-19)21-17-2-1-13-20-17/h1-6,13,16H,7-12H2. The first-order valence-corrected chi connectivity index (χ1v) is 9.22. The zero-order valence-electron chi connectivity index (χ0n) is 12.0. The number of halogens is 1. The first-order valence-electron chi connectivity index (χ1n) is 7.46. The van der Waals surface area contributed by atoms with E-state index >= 15 is 0 Å². The van der Waals surface area contributed by atoms with Gasteiger partial charge in [0.25, 0.3) is 0 Å². The summed E-state index contributed by atoms with van der Waals surface area (Å²) in [4.78, 5) is 2.54. The summed E-state index contributed by atoms with van der Waals surface area (Å²) in [7, 11) is 0. The fraction of sp³-hybridized carbons (Fsp3) is 0.412. The van der Waals surface area contributed by atoms with E-state index in [4.69, 9.17) is 0 Å². The van der Waals surface area contributed by atoms with Crippen LogP contribution in [-0.4, -0.2) is 29.8 Å². The van der Waals surface area contributed by atoms with Gasteiger partial charge in [-0.1, -0.05) is 18.2 Å². The molecule has 3 rings (SSSR count). The Morgan fingerprint density at radius 2 is 1.90 bits per heavy atom. The number of thiophene rings is 1. The molecule has 0 atom stereocenters. The lowest BCUT2D eigenvalue weighted by Gasteiger charge is -2.31. The van der Waals surface area contributed by atoms with E-state index in [1.807, 2.05) is 35.2 Å². The summed E-state index contributed by atoms with van der Waals surface area (Å²) in [6, 6.07) is 11.3. The summed E-state index contributed by atoms with van der Waals surface area (Å²) in [6.07, 6.45) is 3.56. The van der Waals surface area contributed by atoms with Gasteiger partial charge in [0, 0.05) is 11.8 Å². The molecule has 1 aromatic carbocycles. The van der Waals surface area contributed by atoms with Crippen molar-refractivity contribution >= 4 is 23.1 Å². The normalized spacial score (nSPS) is 17.2. The molecule has 1 saturated heterocycles. The van der Waals surface area contributed by atoms with Gasteiger partial charge >= 0.3 is 0 Å². The van der Waals surface area contributed by atoms with Gasteiger partial charge in [-0.3, -0.25) is 0 Å². The van der Waals surface area contributed by atoms with Crippen molar-refractivity contribution in [2.75, 3.05) is 19.6 Å². The molecule has 0 unspecified atom stereocenters. The van der Waals surface area contributed by atoms with Gasteiger partial charge in [-0.2, -0.15) is 0 Å². The number of likely N-dealkylation sites (tertiary alicyclic amines) is 1. The summed E-state index contributed by atoms with van der Waals surface area (Å²) in [5.41, 5.74) is 1.23. The van der Waals surface area contributed by atoms with Gasteiger partial charge in [0.1, 0.15) is 5.82 Å². The summed E-state index contributed by atoms with van der Waals surface area (Å²) in [5.74, 6) is -0.148. The second-order valence-corrected chi connectivity index (χ2v) is 8.02. The van der Waals surface area contributed by atoms with Gasteiger partial charge in [0.15, 0.2) is 0 Å². The largest absolute Gasteiger partial charge is 0.303 e. The maximum absolute atomic E-state index is 12.9. The minimum absolute atomic E-state index is 0.148. The van der Waals surface area contributed by atoms with E-state index in [1.54, 1.807) is 12.1 Å². The molecule has 1 fully saturated rings. The lowest BCUT2D eigenvalue weighted by Crippen LogP contribution is -2.36. The highest BCUT2D eigenvalue weighted by atomic mass is 32.2. The van der Waals surface area contributed by atoms with Crippen LogP contribution in [0.1, 0.15) is 18.4 Å². The second-order valence-electron chi connectivity index (χ2n) is 5.47. The molecule has 21 heavy (non-hydrogen) atoms. The van der Waals surface area contributed by atoms with Gasteiger partial charge in [-0.15, -0.1) is 23.1 Å². The quantitative estimate of drug-likeness (QED) is 0.786. The number of rotatable bonds is 5. The molecule has 1 aliphatic heterocycles. The highest BCUT2D eigenvalue weighted by Crippen LogP contribution is 2.33. The number of hydrogen-bond donors (Lipinski definition) is 0. The molecule has 1 aromatic heterocycles. The van der Waals surface area contributed by atoms with Gasteiger partial charge in [-0.05, 0) is 61.5 Å². The fourth-order valence-corrected chi connectivity index (χ4v) is 4.86. The fourth-order valence-electron chi connectivity index (χ4n) is 2.68. The molecule has 1 nitrogen and oxygen atoms in total. The lowest BCUT2D eigenvalue weighted by atomic mass is 10.1. The Hall–Kier alpha value is -0.840. The van der Waals surface area contributed by atoms with Crippen LogP contribution < -0.4 is 0 Å². The molecule has 0 radical (unpaired) electrons. The predicted octanol–water partition coefficient (Wildman–Crippen LogP) is 4.69. The van der Waals surface area contributed by atoms with Crippen LogP contribution in [0.15, 0.2) is 46.0 Å². The van der Waals surface area contributed by atoms with E-state index in [1.165, 1.54) is 35.7 Å². The topological polar surface area (TPSA) is 3.24 Å². The highest BCUT2D eigenvalue weighted by molar-refractivity contribution is 8.01. The molecule has 112 valence electrons. The number of piperidine rings is 1. The zero-order chi connectivity index (χ0) is 14.5. The third-order valence-corrected chi connectivity index (χ3v) is 6.35. The number of nitrogens with zero attached hydrogens (tertiary/aromatic N) is 1. The Kier molecular flexibility index (Phi) is 5.33. The maximum atomic E-state index is 12.9. The number of benzene rings is 1. The molecule has 0 N–H and O–H groups in total. The Morgan fingerprint density at radius 1 is 1.14 bits per heavy atom. The molecular weight excluding hydrogens is 301 g/mol. The number of hydrogen-bond acceptors (Lipinski definition) is 3. The van der Waals surface area contributed by atoms with Crippen LogP contribution in [-0.2, 0) is 6.42 Å². The van der Waals surface area contributed by atoms with Crippen molar-refractivity contribution in [2.45, 2.75) is 28.7 Å². The maximum Gasteiger partial charge on any atom is 0.123 e. The SMILES string of the molecule is Fc1ccc(CCN2CCC(Sc3cccs3)CC2)cc1. The average molecular weight is 321 g/mol. The Labute approximate surface area is 134 Å². The molecule has 4 heteroatoms. The van der Waals surface area contributed by atoms with E-state index in [0.29, 0.717) is 0 Å². The molecule has 0 spiro atoms. The number of thioether (sulfide) groups is 1. The molecule has 0 amide bonds. The first kappa shape index (κ1) is 15.1. The van der Waals surface area contributed by atoms with E-state index in [2.05, 4.69) is 22.4 Å². The smallest absolute Gasteiger partial charge is 0.123 e. The van der Waals surface area contributed by atoms with Crippen LogP contribution in [0, 0.1) is 5.82 Å². The molecule has 2 heterocycles. The molecule has 0 aliphatic carbocycles. The van der Waals surface area contributed by atoms with Crippen molar-refractivity contribution in [3.05, 3.63) is 53.2 Å². The average Bonchev–Trinajstić information content (AvgIpc) is 3.01. The molecule has 0 saturated carbocycles. The lowest BCUT2D eigenvalue weighted by molar-refractivity contribution is 0.235. The minimum Gasteiger partial charge on any atom is -0.303 e. The van der Waals surface area contributed by atoms with Gasteiger partial charge in [-0.25, -0.2) is 4.39 Å². The Balaban J connectivity index is 1.40. The van der Waals surface area contributed by atoms with Crippen LogP contribution in [0.2, 0.25) is 0 Å². The van der Waals surface area contributed by atoms with Crippen molar-refractivity contribution in [1.82, 2.24) is 4.90 Å². The second kappa shape index (κ2) is 7.43. The predicted molar refractivity (Wildman–Crippen MR) is 89.7 cm³/mol. The van der Waals surface area contributed by atoms with Crippen LogP contribution >= 0.6 is 23.1 Å². The molecular formula is C17H20FNS2. The zero-order valence-corrected chi connectivity index (χ0v) is 13.6. The van der Waals surface area contributed by atoms with Crippen molar-refractivity contribution in [2.24, 2.45) is 0 Å². The van der Waals surface area contributed by atoms with Gasteiger partial charge in [0.05, 0.1) is 4.21 Å². The van der Waals surface area contributed by atoms with Crippen LogP contribution in [0.25, 0.3) is 0 Å². The van der Waals surface area contributed by atoms with Crippen molar-refractivity contribution < 1.29 is 4.39 Å². The van der Waals surface area contributed by atoms with E-state index in [9.17, 15) is 4.39 Å². The Morgan fingerprint density at radius 3 is 2.57 bits per heavy atom. The van der Waals surface area contributed by atoms with Crippen molar-refractivity contribution in [3.63, 3.8) is 0 Å². The molecule has 1 aliphatic rings. The van der Waals surface area contributed by atoms with E-state index in [0.717, 1.165) is 18.2 Å². The monoisotopic (exact) mass is 321 g/mol. The minimum atomic E-state index is -0.148. The van der Waals surface area contributed by atoms with E-state index < -0.39 is 0 Å². The van der Waals surface area contributed by atoms with Crippen molar-refractivity contribution in [1.29, 1.82) is 0 Å². The third-order valence-electron chi connectivity index (χ3n) is 3.94. The first-order chi connectivity index (χ1) is 10.3. The summed E-state index contributed by atoms with van der Waals surface area (Å²) < 4.78 is 14.3.